The van der Waals surface area contributed by atoms with Gasteiger partial charge in [0, 0.05) is 30.2 Å². The van der Waals surface area contributed by atoms with E-state index in [4.69, 9.17) is 23.2 Å². The maximum absolute atomic E-state index is 13.2. The number of nitrogens with zero attached hydrogens (tertiary/aromatic N) is 1. The molecule has 1 N–H and O–H groups in total. The molecule has 1 unspecified atom stereocenters. The Labute approximate surface area is 154 Å². The van der Waals surface area contributed by atoms with Crippen LogP contribution in [0.1, 0.15) is 12.0 Å². The molecule has 1 fully saturated rings. The zero-order chi connectivity index (χ0) is 18.0. The molecular weight excluding hydrogens is 366 g/mol. The van der Waals surface area contributed by atoms with Crippen LogP contribution in [0.4, 0.5) is 10.1 Å². The molecule has 0 saturated carbocycles. The molecule has 1 saturated heterocycles. The monoisotopic (exact) mass is 380 g/mol. The Bertz CT molecular complexity index is 828. The number of carbonyl (C=O) groups excluding carboxylic acids is 2. The molecule has 1 heterocycles. The summed E-state index contributed by atoms with van der Waals surface area (Å²) in [6.07, 6.45) is 0.130. The minimum atomic E-state index is -0.554. The van der Waals surface area contributed by atoms with Gasteiger partial charge in [0.2, 0.25) is 11.8 Å². The molecule has 3 rings (SSSR count). The molecular formula is C18H15Cl2FN2O2. The smallest absolute Gasteiger partial charge is 0.229 e. The summed E-state index contributed by atoms with van der Waals surface area (Å²) in [7, 11) is 0. The summed E-state index contributed by atoms with van der Waals surface area (Å²) in [5.74, 6) is -1.42. The number of nitrogens with one attached hydrogen (secondary N) is 1. The van der Waals surface area contributed by atoms with Gasteiger partial charge in [0.15, 0.2) is 0 Å². The van der Waals surface area contributed by atoms with E-state index >= 15 is 0 Å². The summed E-state index contributed by atoms with van der Waals surface area (Å²) in [6, 6.07) is 11.2. The van der Waals surface area contributed by atoms with Crippen LogP contribution in [0.25, 0.3) is 0 Å². The average Bonchev–Trinajstić information content (AvgIpc) is 2.94. The Morgan fingerprint density at radius 3 is 2.68 bits per heavy atom. The normalized spacial score (nSPS) is 17.0. The number of hydrogen-bond donors (Lipinski definition) is 1. The number of amides is 2. The summed E-state index contributed by atoms with van der Waals surface area (Å²) >= 11 is 11.8. The molecule has 0 spiro atoms. The standard InChI is InChI=1S/C18H15Cl2FN2O2/c19-14-4-2-1-3-11(14)9-23-10-12(7-17(23)24)18(25)22-13-5-6-16(21)15(20)8-13/h1-6,8,12H,7,9-10H2,(H,22,25). The van der Waals surface area contributed by atoms with Crippen LogP contribution in [0.2, 0.25) is 10.0 Å². The van der Waals surface area contributed by atoms with Gasteiger partial charge in [0.05, 0.1) is 10.9 Å². The van der Waals surface area contributed by atoms with E-state index in [1.165, 1.54) is 18.2 Å². The van der Waals surface area contributed by atoms with Crippen molar-refractivity contribution >= 4 is 40.7 Å². The first-order chi connectivity index (χ1) is 11.9. The summed E-state index contributed by atoms with van der Waals surface area (Å²) in [5.41, 5.74) is 1.23. The fourth-order valence-electron chi connectivity index (χ4n) is 2.75. The van der Waals surface area contributed by atoms with Gasteiger partial charge in [0.1, 0.15) is 5.82 Å². The second-order valence-electron chi connectivity index (χ2n) is 5.88. The summed E-state index contributed by atoms with van der Waals surface area (Å²) in [4.78, 5) is 26.2. The van der Waals surface area contributed by atoms with Gasteiger partial charge in [-0.2, -0.15) is 0 Å². The maximum atomic E-state index is 13.2. The second-order valence-corrected chi connectivity index (χ2v) is 6.70. The van der Waals surface area contributed by atoms with Crippen molar-refractivity contribution in [3.05, 3.63) is 63.9 Å². The number of anilines is 1. The third kappa shape index (κ3) is 4.11. The predicted molar refractivity (Wildman–Crippen MR) is 95.0 cm³/mol. The molecule has 2 aromatic rings. The Hall–Kier alpha value is -2.11. The first-order valence-corrected chi connectivity index (χ1v) is 8.46. The molecule has 2 amide bonds. The minimum Gasteiger partial charge on any atom is -0.337 e. The van der Waals surface area contributed by atoms with Crippen LogP contribution in [-0.2, 0) is 16.1 Å². The van der Waals surface area contributed by atoms with Crippen LogP contribution < -0.4 is 5.32 Å². The van der Waals surface area contributed by atoms with Gasteiger partial charge in [-0.25, -0.2) is 4.39 Å². The van der Waals surface area contributed by atoms with Crippen LogP contribution in [0, 0.1) is 11.7 Å². The van der Waals surface area contributed by atoms with E-state index in [0.717, 1.165) is 5.56 Å². The second kappa shape index (κ2) is 7.42. The highest BCUT2D eigenvalue weighted by Crippen LogP contribution is 2.25. The summed E-state index contributed by atoms with van der Waals surface area (Å²) in [5, 5.41) is 3.19. The van der Waals surface area contributed by atoms with E-state index in [1.807, 2.05) is 18.2 Å². The SMILES string of the molecule is O=C(Nc1ccc(F)c(Cl)c1)C1CC(=O)N(Cc2ccccc2Cl)C1. The molecule has 4 nitrogen and oxygen atoms in total. The van der Waals surface area contributed by atoms with Crippen molar-refractivity contribution < 1.29 is 14.0 Å². The molecule has 1 aliphatic heterocycles. The first-order valence-electron chi connectivity index (χ1n) is 7.71. The van der Waals surface area contributed by atoms with Gasteiger partial charge >= 0.3 is 0 Å². The molecule has 0 aliphatic carbocycles. The number of likely N-dealkylation sites (tertiary alicyclic amines) is 1. The molecule has 7 heteroatoms. The Morgan fingerprint density at radius 2 is 1.96 bits per heavy atom. The fraction of sp³-hybridized carbons (Fsp3) is 0.222. The third-order valence-electron chi connectivity index (χ3n) is 4.09. The third-order valence-corrected chi connectivity index (χ3v) is 4.75. The lowest BCUT2D eigenvalue weighted by Crippen LogP contribution is -2.28. The van der Waals surface area contributed by atoms with Gasteiger partial charge in [-0.3, -0.25) is 9.59 Å². The maximum Gasteiger partial charge on any atom is 0.229 e. The molecule has 130 valence electrons. The Kier molecular flexibility index (Phi) is 5.25. The van der Waals surface area contributed by atoms with Crippen LogP contribution in [-0.4, -0.2) is 23.3 Å². The van der Waals surface area contributed by atoms with E-state index in [-0.39, 0.29) is 23.3 Å². The Balaban J connectivity index is 1.64. The van der Waals surface area contributed by atoms with Crippen LogP contribution >= 0.6 is 23.2 Å². The van der Waals surface area contributed by atoms with Crippen molar-refractivity contribution in [1.82, 2.24) is 4.90 Å². The largest absolute Gasteiger partial charge is 0.337 e. The molecule has 2 aromatic carbocycles. The number of benzene rings is 2. The lowest BCUT2D eigenvalue weighted by atomic mass is 10.1. The van der Waals surface area contributed by atoms with Crippen LogP contribution in [0.15, 0.2) is 42.5 Å². The zero-order valence-corrected chi connectivity index (χ0v) is 14.6. The van der Waals surface area contributed by atoms with E-state index < -0.39 is 11.7 Å². The lowest BCUT2D eigenvalue weighted by Gasteiger charge is -2.17. The van der Waals surface area contributed by atoms with Crippen molar-refractivity contribution in [3.63, 3.8) is 0 Å². The fourth-order valence-corrected chi connectivity index (χ4v) is 3.13. The van der Waals surface area contributed by atoms with Gasteiger partial charge in [-0.1, -0.05) is 41.4 Å². The summed E-state index contributed by atoms with van der Waals surface area (Å²) in [6.45, 7) is 0.676. The molecule has 0 aromatic heterocycles. The number of halogens is 3. The minimum absolute atomic E-state index is 0.0688. The van der Waals surface area contributed by atoms with E-state index in [2.05, 4.69) is 5.32 Å². The summed E-state index contributed by atoms with van der Waals surface area (Å²) < 4.78 is 13.2. The number of hydrogen-bond acceptors (Lipinski definition) is 2. The average molecular weight is 381 g/mol. The van der Waals surface area contributed by atoms with Crippen LogP contribution in [0.5, 0.6) is 0 Å². The van der Waals surface area contributed by atoms with Crippen LogP contribution in [0.3, 0.4) is 0 Å². The molecule has 0 bridgehead atoms. The highest BCUT2D eigenvalue weighted by Gasteiger charge is 2.34. The molecule has 1 atom stereocenters. The van der Waals surface area contributed by atoms with Gasteiger partial charge in [0.25, 0.3) is 0 Å². The van der Waals surface area contributed by atoms with E-state index in [0.29, 0.717) is 23.8 Å². The van der Waals surface area contributed by atoms with E-state index in [1.54, 1.807) is 11.0 Å². The van der Waals surface area contributed by atoms with Crippen molar-refractivity contribution in [2.24, 2.45) is 5.92 Å². The predicted octanol–water partition coefficient (Wildman–Crippen LogP) is 4.12. The lowest BCUT2D eigenvalue weighted by molar-refractivity contribution is -0.128. The topological polar surface area (TPSA) is 49.4 Å². The van der Waals surface area contributed by atoms with Gasteiger partial charge in [-0.15, -0.1) is 0 Å². The first kappa shape index (κ1) is 17.7. The highest BCUT2D eigenvalue weighted by molar-refractivity contribution is 6.31. The number of carbonyl (C=O) groups is 2. The van der Waals surface area contributed by atoms with Crippen molar-refractivity contribution in [2.45, 2.75) is 13.0 Å². The van der Waals surface area contributed by atoms with Crippen molar-refractivity contribution in [3.8, 4) is 0 Å². The zero-order valence-electron chi connectivity index (χ0n) is 13.1. The molecule has 1 aliphatic rings. The van der Waals surface area contributed by atoms with Crippen molar-refractivity contribution in [1.29, 1.82) is 0 Å². The van der Waals surface area contributed by atoms with Gasteiger partial charge in [-0.05, 0) is 29.8 Å². The van der Waals surface area contributed by atoms with Crippen molar-refractivity contribution in [2.75, 3.05) is 11.9 Å². The highest BCUT2D eigenvalue weighted by atomic mass is 35.5. The molecule has 25 heavy (non-hydrogen) atoms. The quantitative estimate of drug-likeness (QED) is 0.866. The molecule has 0 radical (unpaired) electrons. The number of rotatable bonds is 4. The van der Waals surface area contributed by atoms with Gasteiger partial charge < -0.3 is 10.2 Å². The Morgan fingerprint density at radius 1 is 1.20 bits per heavy atom. The van der Waals surface area contributed by atoms with E-state index in [9.17, 15) is 14.0 Å².